The number of nitrogens with zero attached hydrogens (tertiary/aromatic N) is 2. The Morgan fingerprint density at radius 2 is 1.96 bits per heavy atom. The van der Waals surface area contributed by atoms with Crippen LogP contribution in [0.4, 0.5) is 17.1 Å². The summed E-state index contributed by atoms with van der Waals surface area (Å²) in [6.45, 7) is 2.08. The maximum Gasteiger partial charge on any atom is 0.271 e. The average Bonchev–Trinajstić information content (AvgIpc) is 3.01. The van der Waals surface area contributed by atoms with Crippen LogP contribution in [0.25, 0.3) is 0 Å². The van der Waals surface area contributed by atoms with Crippen LogP contribution < -0.4 is 10.2 Å². The number of nitro benzene ring substituents is 1. The third-order valence-electron chi connectivity index (χ3n) is 4.38. The summed E-state index contributed by atoms with van der Waals surface area (Å²) >= 11 is 12.1. The van der Waals surface area contributed by atoms with E-state index in [-0.39, 0.29) is 41.2 Å². The lowest BCUT2D eigenvalue weighted by Crippen LogP contribution is -2.28. The summed E-state index contributed by atoms with van der Waals surface area (Å²) in [4.78, 5) is 36.6. The number of amides is 2. The second-order valence-electron chi connectivity index (χ2n) is 6.25. The summed E-state index contributed by atoms with van der Waals surface area (Å²) in [5.41, 5.74) is 1.63. The van der Waals surface area contributed by atoms with Crippen molar-refractivity contribution in [2.75, 3.05) is 16.8 Å². The molecule has 3 rings (SSSR count). The molecule has 0 radical (unpaired) electrons. The van der Waals surface area contributed by atoms with Crippen LogP contribution in [0.2, 0.25) is 10.0 Å². The molecule has 27 heavy (non-hydrogen) atoms. The van der Waals surface area contributed by atoms with Crippen LogP contribution in [0.15, 0.2) is 36.4 Å². The summed E-state index contributed by atoms with van der Waals surface area (Å²) < 4.78 is 0. The predicted octanol–water partition coefficient (Wildman–Crippen LogP) is 4.20. The molecule has 0 aliphatic carbocycles. The summed E-state index contributed by atoms with van der Waals surface area (Å²) in [7, 11) is 0. The zero-order valence-corrected chi connectivity index (χ0v) is 15.8. The summed E-state index contributed by atoms with van der Waals surface area (Å²) in [5, 5.41) is 14.0. The molecule has 1 aliphatic rings. The van der Waals surface area contributed by atoms with Crippen molar-refractivity contribution in [1.29, 1.82) is 0 Å². The number of carbonyl (C=O) groups is 2. The van der Waals surface area contributed by atoms with Crippen molar-refractivity contribution in [2.45, 2.75) is 13.3 Å². The fourth-order valence-corrected chi connectivity index (χ4v) is 3.23. The van der Waals surface area contributed by atoms with Gasteiger partial charge in [-0.3, -0.25) is 19.7 Å². The van der Waals surface area contributed by atoms with Crippen molar-refractivity contribution >= 4 is 52.1 Å². The number of halogens is 2. The van der Waals surface area contributed by atoms with Gasteiger partial charge in [0.25, 0.3) is 5.69 Å². The number of non-ortho nitro benzene ring substituents is 1. The number of rotatable bonds is 4. The van der Waals surface area contributed by atoms with E-state index in [1.54, 1.807) is 12.1 Å². The Kier molecular flexibility index (Phi) is 5.34. The van der Waals surface area contributed by atoms with E-state index >= 15 is 0 Å². The molecule has 1 fully saturated rings. The van der Waals surface area contributed by atoms with Gasteiger partial charge in [0.05, 0.1) is 21.6 Å². The number of nitro groups is 1. The Morgan fingerprint density at radius 3 is 2.59 bits per heavy atom. The summed E-state index contributed by atoms with van der Waals surface area (Å²) in [5.74, 6) is -1.12. The molecular weight excluding hydrogens is 393 g/mol. The number of carbonyl (C=O) groups excluding carboxylic acids is 2. The molecule has 1 aliphatic heterocycles. The smallest absolute Gasteiger partial charge is 0.271 e. The van der Waals surface area contributed by atoms with Crippen molar-refractivity contribution in [3.63, 3.8) is 0 Å². The van der Waals surface area contributed by atoms with Crippen LogP contribution in [-0.4, -0.2) is 23.3 Å². The number of hydrogen-bond donors (Lipinski definition) is 1. The van der Waals surface area contributed by atoms with Gasteiger partial charge in [-0.25, -0.2) is 0 Å². The fourth-order valence-electron chi connectivity index (χ4n) is 2.84. The normalized spacial score (nSPS) is 16.5. The molecule has 2 aromatic carbocycles. The molecular formula is C18H15Cl2N3O4. The zero-order valence-electron chi connectivity index (χ0n) is 14.2. The first kappa shape index (κ1) is 19.1. The van der Waals surface area contributed by atoms with Crippen molar-refractivity contribution in [2.24, 2.45) is 5.92 Å². The summed E-state index contributed by atoms with van der Waals surface area (Å²) in [6, 6.07) is 9.08. The van der Waals surface area contributed by atoms with E-state index in [2.05, 4.69) is 5.32 Å². The van der Waals surface area contributed by atoms with Crippen molar-refractivity contribution in [1.82, 2.24) is 0 Å². The Bertz CT molecular complexity index is 948. The number of anilines is 2. The molecule has 140 valence electrons. The van der Waals surface area contributed by atoms with Gasteiger partial charge in [-0.15, -0.1) is 0 Å². The van der Waals surface area contributed by atoms with Crippen LogP contribution in [0.5, 0.6) is 0 Å². The van der Waals surface area contributed by atoms with Gasteiger partial charge in [0, 0.05) is 35.8 Å². The van der Waals surface area contributed by atoms with Gasteiger partial charge in [-0.1, -0.05) is 29.3 Å². The van der Waals surface area contributed by atoms with Crippen LogP contribution in [-0.2, 0) is 9.59 Å². The highest BCUT2D eigenvalue weighted by Crippen LogP contribution is 2.31. The molecule has 1 heterocycles. The van der Waals surface area contributed by atoms with Gasteiger partial charge in [0.2, 0.25) is 11.8 Å². The van der Waals surface area contributed by atoms with Crippen LogP contribution >= 0.6 is 23.2 Å². The number of nitrogens with one attached hydrogen (secondary N) is 1. The maximum atomic E-state index is 12.5. The van der Waals surface area contributed by atoms with E-state index < -0.39 is 10.8 Å². The standard InChI is InChI=1S/C18H15Cl2N3O4/c1-10-2-3-12(7-14(10)19)22-9-11(6-17(22)24)18(25)21-16-5-4-13(23(26)27)8-15(16)20/h2-5,7-8,11H,6,9H2,1H3,(H,21,25)/t11-/m0/s1. The van der Waals surface area contributed by atoms with Gasteiger partial charge >= 0.3 is 0 Å². The molecule has 9 heteroatoms. The molecule has 0 spiro atoms. The Hall–Kier alpha value is -2.64. The van der Waals surface area contributed by atoms with Gasteiger partial charge in [-0.2, -0.15) is 0 Å². The highest BCUT2D eigenvalue weighted by Gasteiger charge is 2.35. The Labute approximate surface area is 165 Å². The monoisotopic (exact) mass is 407 g/mol. The molecule has 0 aromatic heterocycles. The van der Waals surface area contributed by atoms with E-state index in [1.165, 1.54) is 17.0 Å². The quantitative estimate of drug-likeness (QED) is 0.606. The van der Waals surface area contributed by atoms with E-state index in [9.17, 15) is 19.7 Å². The molecule has 1 atom stereocenters. The maximum absolute atomic E-state index is 12.5. The second-order valence-corrected chi connectivity index (χ2v) is 7.06. The second kappa shape index (κ2) is 7.54. The van der Waals surface area contributed by atoms with E-state index in [1.807, 2.05) is 13.0 Å². The first-order valence-corrected chi connectivity index (χ1v) is 8.83. The highest BCUT2D eigenvalue weighted by atomic mass is 35.5. The molecule has 1 saturated heterocycles. The van der Waals surface area contributed by atoms with Crippen molar-refractivity contribution in [3.05, 3.63) is 62.1 Å². The number of benzene rings is 2. The molecule has 0 saturated carbocycles. The third-order valence-corrected chi connectivity index (χ3v) is 5.10. The SMILES string of the molecule is Cc1ccc(N2C[C@@H](C(=O)Nc3ccc([N+](=O)[O-])cc3Cl)CC2=O)cc1Cl. The molecule has 1 N–H and O–H groups in total. The van der Waals surface area contributed by atoms with E-state index in [0.717, 1.165) is 11.6 Å². The first-order chi connectivity index (χ1) is 12.8. The molecule has 2 aromatic rings. The fraction of sp³-hybridized carbons (Fsp3) is 0.222. The zero-order chi connectivity index (χ0) is 19.7. The summed E-state index contributed by atoms with van der Waals surface area (Å²) in [6.07, 6.45) is 0.0575. The minimum atomic E-state index is -0.572. The van der Waals surface area contributed by atoms with E-state index in [0.29, 0.717) is 10.7 Å². The lowest BCUT2D eigenvalue weighted by Gasteiger charge is -2.17. The topological polar surface area (TPSA) is 92.6 Å². The minimum Gasteiger partial charge on any atom is -0.324 e. The highest BCUT2D eigenvalue weighted by molar-refractivity contribution is 6.34. The van der Waals surface area contributed by atoms with Crippen molar-refractivity contribution < 1.29 is 14.5 Å². The number of aryl methyl sites for hydroxylation is 1. The predicted molar refractivity (Wildman–Crippen MR) is 103 cm³/mol. The largest absolute Gasteiger partial charge is 0.324 e. The first-order valence-electron chi connectivity index (χ1n) is 8.07. The van der Waals surface area contributed by atoms with Crippen LogP contribution in [0, 0.1) is 23.0 Å². The molecule has 0 bridgehead atoms. The van der Waals surface area contributed by atoms with E-state index in [4.69, 9.17) is 23.2 Å². The van der Waals surface area contributed by atoms with Crippen molar-refractivity contribution in [3.8, 4) is 0 Å². The lowest BCUT2D eigenvalue weighted by atomic mass is 10.1. The minimum absolute atomic E-state index is 0.0575. The van der Waals surface area contributed by atoms with Crippen LogP contribution in [0.1, 0.15) is 12.0 Å². The average molecular weight is 408 g/mol. The number of hydrogen-bond acceptors (Lipinski definition) is 4. The van der Waals surface area contributed by atoms with Gasteiger partial charge in [-0.05, 0) is 30.7 Å². The van der Waals surface area contributed by atoms with Crippen LogP contribution in [0.3, 0.4) is 0 Å². The Morgan fingerprint density at radius 1 is 1.22 bits per heavy atom. The Balaban J connectivity index is 1.72. The van der Waals surface area contributed by atoms with Gasteiger partial charge in [0.1, 0.15) is 0 Å². The molecule has 7 nitrogen and oxygen atoms in total. The van der Waals surface area contributed by atoms with Gasteiger partial charge < -0.3 is 10.2 Å². The van der Waals surface area contributed by atoms with Gasteiger partial charge in [0.15, 0.2) is 0 Å². The third kappa shape index (κ3) is 4.04. The molecule has 0 unspecified atom stereocenters. The lowest BCUT2D eigenvalue weighted by molar-refractivity contribution is -0.384. The molecule has 2 amide bonds.